The van der Waals surface area contributed by atoms with Gasteiger partial charge in [-0.15, -0.1) is 0 Å². The highest BCUT2D eigenvalue weighted by Gasteiger charge is 2.31. The van der Waals surface area contributed by atoms with Crippen LogP contribution in [0.2, 0.25) is 0 Å². The Kier molecular flexibility index (Phi) is 19.2. The maximum Gasteiger partial charge on any atom is 0.187 e. The minimum absolute atomic E-state index is 0.288. The van der Waals surface area contributed by atoms with Gasteiger partial charge in [-0.05, 0) is 183 Å². The number of phenolic OH excluding ortho intramolecular Hbond substituents is 1. The minimum Gasteiger partial charge on any atom is -0.507 e. The number of aromatic nitrogens is 6. The lowest BCUT2D eigenvalue weighted by Crippen LogP contribution is -2.51. The van der Waals surface area contributed by atoms with E-state index < -0.39 is 0 Å². The summed E-state index contributed by atoms with van der Waals surface area (Å²) < 4.78 is 2.23. The summed E-state index contributed by atoms with van der Waals surface area (Å²) in [4.78, 5) is 37.9. The molecule has 14 heteroatoms. The Morgan fingerprint density at radius 2 is 0.888 bits per heavy atom. The average Bonchev–Trinajstić information content (AvgIpc) is 3.48. The number of nitrogens with one attached hydrogen (secondary N) is 1. The van der Waals surface area contributed by atoms with E-state index in [9.17, 15) is 5.11 Å². The van der Waals surface area contributed by atoms with Crippen molar-refractivity contribution >= 4 is 88.2 Å². The molecule has 14 nitrogen and oxygen atoms in total. The Hall–Kier alpha value is -9.52. The zero-order chi connectivity index (χ0) is 60.9. The van der Waals surface area contributed by atoms with Crippen LogP contribution < -0.4 is 20.0 Å². The van der Waals surface area contributed by atoms with Gasteiger partial charge in [0.2, 0.25) is 0 Å². The molecular weight excluding hydrogens is 1100 g/mol. The lowest BCUT2D eigenvalue weighted by molar-refractivity contribution is 0.141. The van der Waals surface area contributed by atoms with Crippen LogP contribution in [0.15, 0.2) is 207 Å². The van der Waals surface area contributed by atoms with Crippen molar-refractivity contribution in [3.05, 3.63) is 230 Å². The van der Waals surface area contributed by atoms with Gasteiger partial charge in [0, 0.05) is 178 Å². The largest absolute Gasteiger partial charge is 0.507 e. The molecule has 0 unspecified atom stereocenters. The molecule has 1 saturated carbocycles. The van der Waals surface area contributed by atoms with Crippen LogP contribution >= 0.6 is 0 Å². The number of rotatable bonds is 5. The summed E-state index contributed by atoms with van der Waals surface area (Å²) in [5.74, 6) is 0.890. The molecule has 4 aliphatic rings. The van der Waals surface area contributed by atoms with E-state index in [2.05, 4.69) is 188 Å². The molecule has 0 amide bonds. The van der Waals surface area contributed by atoms with Gasteiger partial charge < -0.3 is 34.6 Å². The summed E-state index contributed by atoms with van der Waals surface area (Å²) in [6.45, 7) is 22.7. The highest BCUT2D eigenvalue weighted by Crippen LogP contribution is 2.40. The monoisotopic (exact) mass is 1180 g/mol. The number of benzene rings is 6. The van der Waals surface area contributed by atoms with Gasteiger partial charge in [0.15, 0.2) is 5.69 Å². The molecule has 0 radical (unpaired) electrons. The van der Waals surface area contributed by atoms with Crippen LogP contribution in [0.4, 0.5) is 22.7 Å². The van der Waals surface area contributed by atoms with Gasteiger partial charge in [-0.25, -0.2) is 4.85 Å². The molecule has 0 bridgehead atoms. The third-order valence-corrected chi connectivity index (χ3v) is 18.1. The van der Waals surface area contributed by atoms with Gasteiger partial charge in [-0.3, -0.25) is 29.8 Å². The maximum atomic E-state index is 9.33. The van der Waals surface area contributed by atoms with Gasteiger partial charge in [0.05, 0.1) is 34.2 Å². The summed E-state index contributed by atoms with van der Waals surface area (Å²) in [5.41, 5.74) is 13.8. The van der Waals surface area contributed by atoms with Crippen LogP contribution in [0.5, 0.6) is 5.75 Å². The first kappa shape index (κ1) is 59.8. The fourth-order valence-electron chi connectivity index (χ4n) is 13.3. The van der Waals surface area contributed by atoms with Crippen LogP contribution in [0.25, 0.3) is 70.3 Å². The molecule has 12 aromatic rings. The summed E-state index contributed by atoms with van der Waals surface area (Å²) in [5, 5.41) is 19.8. The van der Waals surface area contributed by atoms with Crippen LogP contribution in [-0.2, 0) is 7.05 Å². The Morgan fingerprint density at radius 3 is 1.38 bits per heavy atom. The number of hydrogen-bond acceptors (Lipinski definition) is 12. The quantitative estimate of drug-likeness (QED) is 0.160. The SMILES string of the molecule is CN1CCN(c2cccc3ncccc23)CC1.Cc1cccc2ncccc12.Oc1cccc2ncccc12.[C-]#[N+]c1ccc2c(c1)c(C1CCC(N3CCN(c4cccc5ncccc45)CC3)CC1)cn2C.c1cc(N2CCNCC2)c2cccnc2c1. The van der Waals surface area contributed by atoms with Crippen LogP contribution in [0.3, 0.4) is 0 Å². The number of aromatic hydroxyl groups is 1. The first-order valence-corrected chi connectivity index (χ1v) is 31.4. The standard InChI is InChI=1S/C29H31N5.C14H17N3.C13H15N3.C10H9N.C9H7NO/c1-30-22-10-13-28-25(19-22)26(20-32(28)2)21-8-11-23(12-9-21)33-15-17-34(18-16-33)29-7-3-6-27-24(29)5-4-14-31-27;1-16-8-10-17(11-9-16)14-6-2-5-13-12(14)4-3-7-15-13;1-4-12-11(3-2-6-15-12)13(5-1)16-9-7-14-8-10-16;1-8-4-2-6-10-9(8)5-3-7-11-10;11-9-5-1-4-8-7(9)3-2-6-10-8/h3-7,10,13-14,19-21,23H,8-9,11-12,15-18H2,2H3;2-7H,8-11H2,1H3;1-6,14H,7-10H2;2-7H,1H3;1-6,11H. The fraction of sp³-hybridized carbons (Fsp3) is 0.280. The lowest BCUT2D eigenvalue weighted by atomic mass is 9.81. The van der Waals surface area contributed by atoms with Gasteiger partial charge in [-0.2, -0.15) is 0 Å². The fourth-order valence-corrected chi connectivity index (χ4v) is 13.3. The molecular formula is C75H79N13O. The number of nitrogens with zero attached hydrogens (tertiary/aromatic N) is 12. The van der Waals surface area contributed by atoms with Crippen molar-refractivity contribution in [1.29, 1.82) is 0 Å². The molecule has 89 heavy (non-hydrogen) atoms. The zero-order valence-electron chi connectivity index (χ0n) is 51.4. The van der Waals surface area contributed by atoms with E-state index in [1.165, 1.54) is 86.3 Å². The van der Waals surface area contributed by atoms with Crippen molar-refractivity contribution in [3.8, 4) is 5.75 Å². The zero-order valence-corrected chi connectivity index (χ0v) is 51.4. The highest BCUT2D eigenvalue weighted by molar-refractivity contribution is 5.94. The Bertz CT molecular complexity index is 4260. The number of phenols is 1. The lowest BCUT2D eigenvalue weighted by Gasteiger charge is -2.43. The van der Waals surface area contributed by atoms with Crippen LogP contribution in [0.1, 0.15) is 42.7 Å². The second-order valence-corrected chi connectivity index (χ2v) is 23.6. The Morgan fingerprint density at radius 1 is 0.449 bits per heavy atom. The number of fused-ring (bicyclic) bond motifs is 6. The molecule has 450 valence electrons. The third-order valence-electron chi connectivity index (χ3n) is 18.1. The molecule has 0 atom stereocenters. The van der Waals surface area contributed by atoms with E-state index in [1.807, 2.05) is 85.5 Å². The van der Waals surface area contributed by atoms with E-state index in [0.29, 0.717) is 12.0 Å². The van der Waals surface area contributed by atoms with Crippen molar-refractivity contribution in [1.82, 2.24) is 44.6 Å². The van der Waals surface area contributed by atoms with Crippen molar-refractivity contribution in [2.24, 2.45) is 7.05 Å². The number of piperazine rings is 3. The summed E-state index contributed by atoms with van der Waals surface area (Å²) >= 11 is 0. The smallest absolute Gasteiger partial charge is 0.187 e. The van der Waals surface area contributed by atoms with E-state index in [4.69, 9.17) is 6.57 Å². The van der Waals surface area contributed by atoms with E-state index in [0.717, 1.165) is 117 Å². The molecule has 4 fully saturated rings. The predicted octanol–water partition coefficient (Wildman–Crippen LogP) is 14.2. The normalized spacial score (nSPS) is 17.2. The summed E-state index contributed by atoms with van der Waals surface area (Å²) in [7, 11) is 4.31. The highest BCUT2D eigenvalue weighted by atomic mass is 16.3. The maximum absolute atomic E-state index is 9.33. The average molecular weight is 1180 g/mol. The Balaban J connectivity index is 0.000000117. The van der Waals surface area contributed by atoms with E-state index >= 15 is 0 Å². The summed E-state index contributed by atoms with van der Waals surface area (Å²) in [6.07, 6.45) is 16.4. The number of hydrogen-bond donors (Lipinski definition) is 2. The molecule has 2 N–H and O–H groups in total. The number of likely N-dealkylation sites (N-methyl/N-ethyl adjacent to an activating group) is 1. The molecule has 1 aliphatic carbocycles. The molecule has 9 heterocycles. The number of anilines is 3. The Labute approximate surface area is 522 Å². The number of aryl methyl sites for hydroxylation is 2. The third kappa shape index (κ3) is 14.1. The predicted molar refractivity (Wildman–Crippen MR) is 368 cm³/mol. The molecule has 6 aromatic heterocycles. The first-order valence-electron chi connectivity index (χ1n) is 31.4. The van der Waals surface area contributed by atoms with Gasteiger partial charge >= 0.3 is 0 Å². The second-order valence-electron chi connectivity index (χ2n) is 23.6. The van der Waals surface area contributed by atoms with E-state index in [1.54, 1.807) is 18.3 Å². The van der Waals surface area contributed by atoms with Gasteiger partial charge in [-0.1, -0.05) is 48.5 Å². The molecule has 16 rings (SSSR count). The molecule has 3 aliphatic heterocycles. The van der Waals surface area contributed by atoms with Gasteiger partial charge in [0.1, 0.15) is 5.75 Å². The number of pyridine rings is 5. The van der Waals surface area contributed by atoms with Crippen molar-refractivity contribution in [2.75, 3.05) is 100 Å². The van der Waals surface area contributed by atoms with Crippen molar-refractivity contribution in [3.63, 3.8) is 0 Å². The first-order chi connectivity index (χ1) is 43.8. The van der Waals surface area contributed by atoms with Gasteiger partial charge in [0.25, 0.3) is 0 Å². The van der Waals surface area contributed by atoms with Crippen LogP contribution in [-0.4, -0.2) is 136 Å². The van der Waals surface area contributed by atoms with Crippen molar-refractivity contribution < 1.29 is 5.11 Å². The minimum atomic E-state index is 0.288. The second kappa shape index (κ2) is 28.5. The molecule has 0 spiro atoms. The van der Waals surface area contributed by atoms with Crippen LogP contribution in [0, 0.1) is 13.5 Å². The van der Waals surface area contributed by atoms with Crippen molar-refractivity contribution in [2.45, 2.75) is 44.6 Å². The molecule has 6 aromatic carbocycles. The summed E-state index contributed by atoms with van der Waals surface area (Å²) in [6, 6.07) is 57.8. The molecule has 3 saturated heterocycles. The van der Waals surface area contributed by atoms with E-state index in [-0.39, 0.29) is 5.75 Å². The topological polar surface area (TPSA) is 122 Å².